The van der Waals surface area contributed by atoms with Gasteiger partial charge >= 0.3 is 0 Å². The fourth-order valence-corrected chi connectivity index (χ4v) is 3.20. The quantitative estimate of drug-likeness (QED) is 0.924. The zero-order valence-electron chi connectivity index (χ0n) is 10.6. The Kier molecular flexibility index (Phi) is 3.39. The van der Waals surface area contributed by atoms with Crippen molar-refractivity contribution in [3.63, 3.8) is 0 Å². The normalized spacial score (nSPS) is 20.4. The summed E-state index contributed by atoms with van der Waals surface area (Å²) in [6, 6.07) is 4.84. The molecule has 4 heteroatoms. The molecule has 0 saturated carbocycles. The minimum atomic E-state index is 0.580. The molecule has 1 unspecified atom stereocenters. The van der Waals surface area contributed by atoms with Crippen LogP contribution >= 0.6 is 15.9 Å². The van der Waals surface area contributed by atoms with Crippen LogP contribution in [0.3, 0.4) is 0 Å². The number of nitrogens with one attached hydrogen (secondary N) is 1. The monoisotopic (exact) mass is 307 g/mol. The van der Waals surface area contributed by atoms with Gasteiger partial charge < -0.3 is 9.72 Å². The summed E-state index contributed by atoms with van der Waals surface area (Å²) in [6.07, 6.45) is 7.09. The van der Waals surface area contributed by atoms with Crippen LogP contribution in [0.2, 0.25) is 0 Å². The summed E-state index contributed by atoms with van der Waals surface area (Å²) in [6.45, 7) is 3.27. The van der Waals surface area contributed by atoms with Gasteiger partial charge in [-0.2, -0.15) is 0 Å². The van der Waals surface area contributed by atoms with Gasteiger partial charge in [-0.3, -0.25) is 0 Å². The van der Waals surface area contributed by atoms with Crippen molar-refractivity contribution in [1.82, 2.24) is 14.7 Å². The zero-order chi connectivity index (χ0) is 12.5. The summed E-state index contributed by atoms with van der Waals surface area (Å²) in [7, 11) is 0. The number of aryl methyl sites for hydroxylation is 1. The van der Waals surface area contributed by atoms with Crippen LogP contribution in [-0.2, 0) is 6.42 Å². The summed E-state index contributed by atoms with van der Waals surface area (Å²) in [5.41, 5.74) is 2.43. The summed E-state index contributed by atoms with van der Waals surface area (Å²) >= 11 is 3.55. The zero-order valence-corrected chi connectivity index (χ0v) is 12.2. The van der Waals surface area contributed by atoms with Crippen molar-refractivity contribution in [3.8, 4) is 0 Å². The second-order valence-corrected chi connectivity index (χ2v) is 5.88. The minimum Gasteiger partial charge on any atom is -0.314 e. The number of imidazole rings is 1. The van der Waals surface area contributed by atoms with Crippen LogP contribution in [0, 0.1) is 6.92 Å². The third kappa shape index (κ3) is 2.31. The van der Waals surface area contributed by atoms with Gasteiger partial charge in [-0.25, -0.2) is 4.98 Å². The second-order valence-electron chi connectivity index (χ2n) is 5.13. The Bertz CT molecular complexity index is 555. The number of nitrogens with zero attached hydrogens (tertiary/aromatic N) is 2. The lowest BCUT2D eigenvalue weighted by Crippen LogP contribution is -2.36. The van der Waals surface area contributed by atoms with Crippen molar-refractivity contribution in [2.24, 2.45) is 0 Å². The Morgan fingerprint density at radius 2 is 2.33 bits per heavy atom. The topological polar surface area (TPSA) is 29.3 Å². The van der Waals surface area contributed by atoms with E-state index in [1.54, 1.807) is 0 Å². The Balaban J connectivity index is 1.93. The predicted octanol–water partition coefficient (Wildman–Crippen LogP) is 3.09. The van der Waals surface area contributed by atoms with Gasteiger partial charge in [0.05, 0.1) is 5.52 Å². The maximum atomic E-state index is 4.66. The van der Waals surface area contributed by atoms with Crippen molar-refractivity contribution in [3.05, 3.63) is 34.3 Å². The van der Waals surface area contributed by atoms with Gasteiger partial charge in [-0.05, 0) is 53.9 Å². The van der Waals surface area contributed by atoms with Gasteiger partial charge in [0.15, 0.2) is 0 Å². The van der Waals surface area contributed by atoms with Crippen molar-refractivity contribution in [1.29, 1.82) is 0 Å². The highest BCUT2D eigenvalue weighted by Gasteiger charge is 2.17. The lowest BCUT2D eigenvalue weighted by molar-refractivity contribution is 0.394. The highest BCUT2D eigenvalue weighted by atomic mass is 79.9. The fourth-order valence-electron chi connectivity index (χ4n) is 2.68. The molecule has 2 aromatic heterocycles. The molecule has 1 atom stereocenters. The van der Waals surface area contributed by atoms with E-state index in [0.29, 0.717) is 6.04 Å². The third-order valence-electron chi connectivity index (χ3n) is 3.65. The highest BCUT2D eigenvalue weighted by molar-refractivity contribution is 9.10. The van der Waals surface area contributed by atoms with Crippen LogP contribution < -0.4 is 5.32 Å². The molecular weight excluding hydrogens is 290 g/mol. The number of piperidine rings is 1. The molecule has 0 amide bonds. The molecule has 18 heavy (non-hydrogen) atoms. The Morgan fingerprint density at radius 1 is 1.44 bits per heavy atom. The van der Waals surface area contributed by atoms with E-state index in [-0.39, 0.29) is 0 Å². The summed E-state index contributed by atoms with van der Waals surface area (Å²) in [5.74, 6) is 1.15. The summed E-state index contributed by atoms with van der Waals surface area (Å²) in [4.78, 5) is 4.66. The minimum absolute atomic E-state index is 0.580. The van der Waals surface area contributed by atoms with Crippen LogP contribution in [-0.4, -0.2) is 22.0 Å². The molecule has 2 aromatic rings. The lowest BCUT2D eigenvalue weighted by atomic mass is 10.0. The van der Waals surface area contributed by atoms with Crippen LogP contribution in [0.4, 0.5) is 0 Å². The van der Waals surface area contributed by atoms with Gasteiger partial charge in [0, 0.05) is 18.7 Å². The Morgan fingerprint density at radius 3 is 3.11 bits per heavy atom. The smallest absolute Gasteiger partial charge is 0.132 e. The van der Waals surface area contributed by atoms with Crippen molar-refractivity contribution >= 4 is 21.4 Å². The predicted molar refractivity (Wildman–Crippen MR) is 77.0 cm³/mol. The molecule has 1 aliphatic heterocycles. The Hall–Kier alpha value is -0.870. The Labute approximate surface area is 116 Å². The standard InChI is InChI=1S/C14H18BrN3/c1-10-5-6-12-14(15)17-13(18(12)9-10)8-11-4-2-3-7-16-11/h5-6,9,11,16H,2-4,7-8H2,1H3. The molecule has 3 rings (SSSR count). The van der Waals surface area contributed by atoms with Gasteiger partial charge in [-0.1, -0.05) is 12.5 Å². The van der Waals surface area contributed by atoms with Gasteiger partial charge in [0.2, 0.25) is 0 Å². The first-order valence-corrected chi connectivity index (χ1v) is 7.40. The van der Waals surface area contributed by atoms with Gasteiger partial charge in [0.25, 0.3) is 0 Å². The van der Waals surface area contributed by atoms with Crippen LogP contribution in [0.25, 0.3) is 5.52 Å². The molecule has 3 heterocycles. The van der Waals surface area contributed by atoms with Gasteiger partial charge in [0.1, 0.15) is 10.4 Å². The average Bonchev–Trinajstić information content (AvgIpc) is 2.67. The number of hydrogen-bond acceptors (Lipinski definition) is 2. The molecule has 0 bridgehead atoms. The van der Waals surface area contributed by atoms with Crippen molar-refractivity contribution in [2.75, 3.05) is 6.54 Å². The SMILES string of the molecule is Cc1ccc2c(Br)nc(CC3CCCCN3)n2c1. The number of aromatic nitrogens is 2. The molecule has 1 saturated heterocycles. The maximum absolute atomic E-state index is 4.66. The van der Waals surface area contributed by atoms with E-state index < -0.39 is 0 Å². The van der Waals surface area contributed by atoms with E-state index in [1.807, 2.05) is 0 Å². The number of rotatable bonds is 2. The molecular formula is C14H18BrN3. The number of fused-ring (bicyclic) bond motifs is 1. The molecule has 0 radical (unpaired) electrons. The molecule has 1 N–H and O–H groups in total. The molecule has 0 aromatic carbocycles. The van der Waals surface area contributed by atoms with E-state index in [9.17, 15) is 0 Å². The number of pyridine rings is 1. The molecule has 1 fully saturated rings. The van der Waals surface area contributed by atoms with Crippen molar-refractivity contribution in [2.45, 2.75) is 38.6 Å². The summed E-state index contributed by atoms with van der Waals surface area (Å²) < 4.78 is 3.17. The van der Waals surface area contributed by atoms with Crippen LogP contribution in [0.5, 0.6) is 0 Å². The van der Waals surface area contributed by atoms with E-state index in [2.05, 4.69) is 55.9 Å². The molecule has 0 aliphatic carbocycles. The van der Waals surface area contributed by atoms with E-state index >= 15 is 0 Å². The first-order chi connectivity index (χ1) is 8.74. The molecule has 1 aliphatic rings. The highest BCUT2D eigenvalue weighted by Crippen LogP contribution is 2.21. The van der Waals surface area contributed by atoms with E-state index in [0.717, 1.165) is 28.9 Å². The molecule has 3 nitrogen and oxygen atoms in total. The first kappa shape index (κ1) is 12.2. The fraction of sp³-hybridized carbons (Fsp3) is 0.500. The largest absolute Gasteiger partial charge is 0.314 e. The second kappa shape index (κ2) is 5.02. The van der Waals surface area contributed by atoms with Crippen LogP contribution in [0.1, 0.15) is 30.7 Å². The van der Waals surface area contributed by atoms with E-state index in [1.165, 1.54) is 24.8 Å². The maximum Gasteiger partial charge on any atom is 0.132 e. The summed E-state index contributed by atoms with van der Waals surface area (Å²) in [5, 5.41) is 3.59. The number of halogens is 1. The molecule has 96 valence electrons. The average molecular weight is 308 g/mol. The van der Waals surface area contributed by atoms with E-state index in [4.69, 9.17) is 0 Å². The van der Waals surface area contributed by atoms with Crippen molar-refractivity contribution < 1.29 is 0 Å². The lowest BCUT2D eigenvalue weighted by Gasteiger charge is -2.22. The van der Waals surface area contributed by atoms with Gasteiger partial charge in [-0.15, -0.1) is 0 Å². The number of hydrogen-bond donors (Lipinski definition) is 1. The molecule has 0 spiro atoms. The third-order valence-corrected chi connectivity index (χ3v) is 4.24. The first-order valence-electron chi connectivity index (χ1n) is 6.60. The van der Waals surface area contributed by atoms with Crippen LogP contribution in [0.15, 0.2) is 22.9 Å².